The molecule has 0 amide bonds. The summed E-state index contributed by atoms with van der Waals surface area (Å²) in [5.41, 5.74) is 0. The highest BCUT2D eigenvalue weighted by Crippen LogP contribution is 2.54. The number of rotatable bonds is 25. The second kappa shape index (κ2) is 20.6. The van der Waals surface area contributed by atoms with Crippen molar-refractivity contribution in [1.29, 1.82) is 0 Å². The normalized spacial score (nSPS) is 28.1. The van der Waals surface area contributed by atoms with Gasteiger partial charge < -0.3 is 14.4 Å². The molecular formula is C38H67NO4. The molecule has 0 aromatic heterocycles. The summed E-state index contributed by atoms with van der Waals surface area (Å²) < 4.78 is 11.6. The molecule has 0 radical (unpaired) electrons. The van der Waals surface area contributed by atoms with Crippen LogP contribution >= 0.6 is 0 Å². The van der Waals surface area contributed by atoms with Crippen LogP contribution in [-0.2, 0) is 19.1 Å². The first kappa shape index (κ1) is 36.1. The number of nitrogens with zero attached hydrogens (tertiary/aromatic N) is 1. The average Bonchev–Trinajstić information content (AvgIpc) is 3.87. The van der Waals surface area contributed by atoms with E-state index in [2.05, 4.69) is 30.9 Å². The van der Waals surface area contributed by atoms with Crippen molar-refractivity contribution < 1.29 is 19.1 Å². The molecule has 5 nitrogen and oxygen atoms in total. The van der Waals surface area contributed by atoms with E-state index in [-0.39, 0.29) is 29.9 Å². The highest BCUT2D eigenvalue weighted by molar-refractivity contribution is 5.70. The van der Waals surface area contributed by atoms with Gasteiger partial charge in [0.25, 0.3) is 0 Å². The van der Waals surface area contributed by atoms with Crippen LogP contribution in [0.2, 0.25) is 0 Å². The van der Waals surface area contributed by atoms with Crippen molar-refractivity contribution in [3.8, 4) is 0 Å². The Labute approximate surface area is 265 Å². The monoisotopic (exact) mass is 602 g/mol. The van der Waals surface area contributed by atoms with E-state index in [9.17, 15) is 9.59 Å². The summed E-state index contributed by atoms with van der Waals surface area (Å²) in [6, 6.07) is 0. The van der Waals surface area contributed by atoms with Crippen molar-refractivity contribution in [1.82, 2.24) is 4.90 Å². The number of carbonyl (C=O) groups excluding carboxylic acids is 2. The molecule has 0 N–H and O–H groups in total. The van der Waals surface area contributed by atoms with Crippen molar-refractivity contribution in [2.24, 2.45) is 35.5 Å². The van der Waals surface area contributed by atoms with Gasteiger partial charge in [-0.2, -0.15) is 0 Å². The number of unbranched alkanes of at least 4 members (excludes halogenated alkanes) is 7. The van der Waals surface area contributed by atoms with Gasteiger partial charge in [0.15, 0.2) is 0 Å². The smallest absolute Gasteiger partial charge is 0.306 e. The molecule has 5 heteroatoms. The lowest BCUT2D eigenvalue weighted by molar-refractivity contribution is -0.151. The molecule has 7 unspecified atom stereocenters. The SMILES string of the molecule is CC/C=C\CC1C(CC(=O)OCCCCCCCCC2CC2CC2CC2CCCCC)CCC1OC(=O)CCCN(C)C. The predicted octanol–water partition coefficient (Wildman–Crippen LogP) is 9.53. The molecule has 0 heterocycles. The van der Waals surface area contributed by atoms with Gasteiger partial charge in [0.05, 0.1) is 6.61 Å². The van der Waals surface area contributed by atoms with Crippen LogP contribution in [0.25, 0.3) is 0 Å². The zero-order valence-corrected chi connectivity index (χ0v) is 28.5. The van der Waals surface area contributed by atoms with Crippen LogP contribution in [0, 0.1) is 35.5 Å². The molecule has 3 saturated carbocycles. The molecular weight excluding hydrogens is 534 g/mol. The lowest BCUT2D eigenvalue weighted by Gasteiger charge is -2.24. The van der Waals surface area contributed by atoms with Crippen molar-refractivity contribution in [3.05, 3.63) is 12.2 Å². The quantitative estimate of drug-likeness (QED) is 0.0592. The number of ether oxygens (including phenoxy) is 2. The largest absolute Gasteiger partial charge is 0.466 e. The summed E-state index contributed by atoms with van der Waals surface area (Å²) in [4.78, 5) is 27.2. The summed E-state index contributed by atoms with van der Waals surface area (Å²) in [5, 5.41) is 0. The third-order valence-corrected chi connectivity index (χ3v) is 10.6. The van der Waals surface area contributed by atoms with E-state index in [1.54, 1.807) is 6.42 Å². The molecule has 3 aliphatic rings. The zero-order valence-electron chi connectivity index (χ0n) is 28.5. The van der Waals surface area contributed by atoms with Crippen LogP contribution in [0.5, 0.6) is 0 Å². The molecule has 0 bridgehead atoms. The fourth-order valence-electron chi connectivity index (χ4n) is 7.67. The molecule has 0 aliphatic heterocycles. The first-order chi connectivity index (χ1) is 20.9. The maximum atomic E-state index is 12.7. The van der Waals surface area contributed by atoms with Crippen molar-refractivity contribution in [3.63, 3.8) is 0 Å². The van der Waals surface area contributed by atoms with Gasteiger partial charge in [-0.1, -0.05) is 90.2 Å². The molecule has 3 rings (SSSR count). The molecule has 0 aromatic rings. The van der Waals surface area contributed by atoms with Crippen molar-refractivity contribution >= 4 is 11.9 Å². The van der Waals surface area contributed by atoms with E-state index in [1.165, 1.54) is 70.6 Å². The minimum absolute atomic E-state index is 0.0788. The summed E-state index contributed by atoms with van der Waals surface area (Å²) in [5.74, 6) is 4.56. The maximum Gasteiger partial charge on any atom is 0.306 e. The molecule has 0 aromatic carbocycles. The number of esters is 2. The Morgan fingerprint density at radius 3 is 2.09 bits per heavy atom. The number of carbonyl (C=O) groups is 2. The highest BCUT2D eigenvalue weighted by Gasteiger charge is 2.44. The molecule has 3 aliphatic carbocycles. The lowest BCUT2D eigenvalue weighted by atomic mass is 9.88. The predicted molar refractivity (Wildman–Crippen MR) is 178 cm³/mol. The average molecular weight is 602 g/mol. The van der Waals surface area contributed by atoms with E-state index < -0.39 is 0 Å². The van der Waals surface area contributed by atoms with Crippen LogP contribution in [0.3, 0.4) is 0 Å². The Morgan fingerprint density at radius 2 is 1.42 bits per heavy atom. The van der Waals surface area contributed by atoms with Crippen LogP contribution in [0.4, 0.5) is 0 Å². The van der Waals surface area contributed by atoms with Crippen LogP contribution in [0.1, 0.15) is 149 Å². The molecule has 7 atom stereocenters. The maximum absolute atomic E-state index is 12.7. The Hall–Kier alpha value is -1.36. The van der Waals surface area contributed by atoms with Gasteiger partial charge in [0.2, 0.25) is 0 Å². The number of hydrogen-bond acceptors (Lipinski definition) is 5. The number of allylic oxidation sites excluding steroid dienone is 2. The summed E-state index contributed by atoms with van der Waals surface area (Å²) >= 11 is 0. The first-order valence-electron chi connectivity index (χ1n) is 18.6. The Morgan fingerprint density at radius 1 is 0.744 bits per heavy atom. The standard InChI is InChI=1S/C38H67NO4/c1-5-7-13-18-30-26-33(30)28-34-27-31(34)19-15-11-9-10-12-16-25-42-38(41)29-32-22-23-36(35(32)20-14-8-6-2)43-37(40)21-17-24-39(3)4/h8,14,30-36H,5-7,9-13,15-29H2,1-4H3/b14-8-. The molecule has 248 valence electrons. The lowest BCUT2D eigenvalue weighted by Crippen LogP contribution is -2.27. The van der Waals surface area contributed by atoms with Gasteiger partial charge in [-0.15, -0.1) is 0 Å². The number of hydrogen-bond donors (Lipinski definition) is 0. The highest BCUT2D eigenvalue weighted by atomic mass is 16.5. The minimum Gasteiger partial charge on any atom is -0.466 e. The third-order valence-electron chi connectivity index (χ3n) is 10.6. The Balaban J connectivity index is 1.18. The topological polar surface area (TPSA) is 55.8 Å². The van der Waals surface area contributed by atoms with Crippen molar-refractivity contribution in [2.75, 3.05) is 27.2 Å². The minimum atomic E-state index is -0.101. The third kappa shape index (κ3) is 15.0. The molecule has 43 heavy (non-hydrogen) atoms. The Kier molecular flexibility index (Phi) is 17.3. The molecule has 3 fully saturated rings. The Bertz CT molecular complexity index is 810. The van der Waals surface area contributed by atoms with Crippen LogP contribution in [-0.4, -0.2) is 50.2 Å². The second-order valence-electron chi connectivity index (χ2n) is 14.6. The van der Waals surface area contributed by atoms with Gasteiger partial charge in [-0.05, 0) is 108 Å². The molecule has 0 saturated heterocycles. The molecule has 0 spiro atoms. The first-order valence-corrected chi connectivity index (χ1v) is 18.6. The zero-order chi connectivity index (χ0) is 30.9. The van der Waals surface area contributed by atoms with E-state index >= 15 is 0 Å². The fourth-order valence-corrected chi connectivity index (χ4v) is 7.67. The van der Waals surface area contributed by atoms with Gasteiger partial charge in [0.1, 0.15) is 6.10 Å². The van der Waals surface area contributed by atoms with Gasteiger partial charge in [-0.25, -0.2) is 0 Å². The van der Waals surface area contributed by atoms with E-state index in [1.807, 2.05) is 14.1 Å². The van der Waals surface area contributed by atoms with Gasteiger partial charge in [-0.3, -0.25) is 9.59 Å². The van der Waals surface area contributed by atoms with Gasteiger partial charge in [0, 0.05) is 18.8 Å². The van der Waals surface area contributed by atoms with Gasteiger partial charge >= 0.3 is 11.9 Å². The summed E-state index contributed by atoms with van der Waals surface area (Å²) in [6.07, 6.45) is 28.9. The second-order valence-corrected chi connectivity index (χ2v) is 14.6. The van der Waals surface area contributed by atoms with Crippen LogP contribution in [0.15, 0.2) is 12.2 Å². The summed E-state index contributed by atoms with van der Waals surface area (Å²) in [7, 11) is 4.04. The van der Waals surface area contributed by atoms with Crippen LogP contribution < -0.4 is 0 Å². The van der Waals surface area contributed by atoms with E-state index in [0.717, 1.165) is 75.2 Å². The van der Waals surface area contributed by atoms with Crippen molar-refractivity contribution in [2.45, 2.75) is 155 Å². The fraction of sp³-hybridized carbons (Fsp3) is 0.895. The van der Waals surface area contributed by atoms with E-state index in [4.69, 9.17) is 9.47 Å². The van der Waals surface area contributed by atoms with E-state index in [0.29, 0.717) is 19.4 Å². The summed E-state index contributed by atoms with van der Waals surface area (Å²) in [6.45, 7) is 5.87.